The molecular formula is C19H24N2O2S. The quantitative estimate of drug-likeness (QED) is 0.868. The number of ether oxygens (including phenoxy) is 1. The Hall–Kier alpha value is -1.43. The number of thiazole rings is 1. The van der Waals surface area contributed by atoms with Gasteiger partial charge in [-0.05, 0) is 62.8 Å². The molecule has 1 atom stereocenters. The summed E-state index contributed by atoms with van der Waals surface area (Å²) in [6, 6.07) is 8.45. The van der Waals surface area contributed by atoms with Crippen LogP contribution < -0.4 is 10.1 Å². The molecule has 2 aliphatic rings. The van der Waals surface area contributed by atoms with Crippen LogP contribution in [0.25, 0.3) is 10.6 Å². The Balaban J connectivity index is 1.53. The average Bonchev–Trinajstić information content (AvgIpc) is 3.03. The highest BCUT2D eigenvalue weighted by Gasteiger charge is 2.35. The number of methoxy groups -OCH3 is 1. The first-order valence-electron chi connectivity index (χ1n) is 8.77. The lowest BCUT2D eigenvalue weighted by atomic mass is 9.80. The van der Waals surface area contributed by atoms with Crippen molar-refractivity contribution in [3.8, 4) is 16.3 Å². The van der Waals surface area contributed by atoms with Crippen molar-refractivity contribution in [3.05, 3.63) is 34.8 Å². The molecule has 128 valence electrons. The summed E-state index contributed by atoms with van der Waals surface area (Å²) in [4.78, 5) is 6.24. The molecule has 0 amide bonds. The van der Waals surface area contributed by atoms with E-state index in [1.165, 1.54) is 10.6 Å². The van der Waals surface area contributed by atoms with Crippen LogP contribution in [0.2, 0.25) is 0 Å². The predicted molar refractivity (Wildman–Crippen MR) is 96.6 cm³/mol. The Labute approximate surface area is 146 Å². The fourth-order valence-electron chi connectivity index (χ4n) is 3.55. The van der Waals surface area contributed by atoms with Gasteiger partial charge in [0.1, 0.15) is 10.8 Å². The van der Waals surface area contributed by atoms with Crippen molar-refractivity contribution in [2.24, 2.45) is 0 Å². The average molecular weight is 344 g/mol. The minimum absolute atomic E-state index is 0.336. The lowest BCUT2D eigenvalue weighted by Crippen LogP contribution is -2.47. The van der Waals surface area contributed by atoms with Crippen molar-refractivity contribution < 1.29 is 9.84 Å². The Kier molecular flexibility index (Phi) is 4.33. The van der Waals surface area contributed by atoms with Gasteiger partial charge in [-0.1, -0.05) is 0 Å². The molecule has 2 aromatic rings. The van der Waals surface area contributed by atoms with E-state index in [4.69, 9.17) is 9.72 Å². The topological polar surface area (TPSA) is 54.4 Å². The molecule has 1 aromatic heterocycles. The van der Waals surface area contributed by atoms with E-state index >= 15 is 0 Å². The lowest BCUT2D eigenvalue weighted by Gasteiger charge is -2.38. The van der Waals surface area contributed by atoms with Crippen molar-refractivity contribution in [2.45, 2.75) is 50.2 Å². The molecule has 4 nitrogen and oxygen atoms in total. The van der Waals surface area contributed by atoms with E-state index in [1.807, 2.05) is 12.1 Å². The van der Waals surface area contributed by atoms with Crippen LogP contribution >= 0.6 is 11.3 Å². The van der Waals surface area contributed by atoms with Crippen LogP contribution in [0.4, 0.5) is 0 Å². The summed E-state index contributed by atoms with van der Waals surface area (Å²) in [5, 5.41) is 15.0. The van der Waals surface area contributed by atoms with Gasteiger partial charge in [-0.3, -0.25) is 0 Å². The second kappa shape index (κ2) is 6.47. The molecule has 0 saturated heterocycles. The number of nitrogens with one attached hydrogen (secondary N) is 1. The van der Waals surface area contributed by atoms with E-state index in [1.54, 1.807) is 18.4 Å². The van der Waals surface area contributed by atoms with Crippen LogP contribution in [0.15, 0.2) is 24.3 Å². The first-order chi connectivity index (χ1) is 11.7. The molecular weight excluding hydrogens is 320 g/mol. The van der Waals surface area contributed by atoms with E-state index < -0.39 is 5.60 Å². The standard InChI is InChI=1S/C19H24N2O2S/c1-23-14-8-6-13(7-9-14)18-21-16-5-2-4-15(17(16)24-18)20-12-19(22)10-3-11-19/h6-9,15,20,22H,2-5,10-12H2,1H3. The van der Waals surface area contributed by atoms with E-state index in [2.05, 4.69) is 17.4 Å². The molecule has 24 heavy (non-hydrogen) atoms. The van der Waals surface area contributed by atoms with Gasteiger partial charge in [0.15, 0.2) is 0 Å². The van der Waals surface area contributed by atoms with Crippen LogP contribution in [0.3, 0.4) is 0 Å². The van der Waals surface area contributed by atoms with E-state index in [0.29, 0.717) is 12.6 Å². The third kappa shape index (κ3) is 3.08. The Morgan fingerprint density at radius 2 is 2.08 bits per heavy atom. The molecule has 0 radical (unpaired) electrons. The van der Waals surface area contributed by atoms with Crippen LogP contribution in [0.5, 0.6) is 5.75 Å². The third-order valence-electron chi connectivity index (χ3n) is 5.25. The largest absolute Gasteiger partial charge is 0.497 e. The SMILES string of the molecule is COc1ccc(-c2nc3c(s2)C(NCC2(O)CCC2)CCC3)cc1. The van der Waals surface area contributed by atoms with Gasteiger partial charge in [-0.15, -0.1) is 11.3 Å². The summed E-state index contributed by atoms with van der Waals surface area (Å²) in [6.45, 7) is 0.701. The number of aryl methyl sites for hydroxylation is 1. The van der Waals surface area contributed by atoms with Crippen molar-refractivity contribution >= 4 is 11.3 Å². The van der Waals surface area contributed by atoms with Crippen molar-refractivity contribution in [1.29, 1.82) is 0 Å². The normalized spacial score (nSPS) is 21.8. The van der Waals surface area contributed by atoms with Crippen LogP contribution in [-0.2, 0) is 6.42 Å². The molecule has 0 aliphatic heterocycles. The Bertz CT molecular complexity index is 707. The number of hydrogen-bond donors (Lipinski definition) is 2. The number of hydrogen-bond acceptors (Lipinski definition) is 5. The van der Waals surface area contributed by atoms with E-state index in [0.717, 1.165) is 54.8 Å². The summed E-state index contributed by atoms with van der Waals surface area (Å²) < 4.78 is 5.23. The first-order valence-corrected chi connectivity index (χ1v) is 9.58. The first kappa shape index (κ1) is 16.1. The number of aromatic nitrogens is 1. The molecule has 0 bridgehead atoms. The molecule has 2 aliphatic carbocycles. The van der Waals surface area contributed by atoms with Crippen LogP contribution in [-0.4, -0.2) is 29.3 Å². The zero-order chi connectivity index (χ0) is 16.6. The number of rotatable bonds is 5. The van der Waals surface area contributed by atoms with Gasteiger partial charge >= 0.3 is 0 Å². The second-order valence-electron chi connectivity index (χ2n) is 6.96. The van der Waals surface area contributed by atoms with E-state index in [-0.39, 0.29) is 0 Å². The number of nitrogens with zero attached hydrogens (tertiary/aromatic N) is 1. The highest BCUT2D eigenvalue weighted by Crippen LogP contribution is 2.39. The fourth-order valence-corrected chi connectivity index (χ4v) is 4.77. The van der Waals surface area contributed by atoms with Gasteiger partial charge in [-0.2, -0.15) is 0 Å². The maximum absolute atomic E-state index is 10.3. The van der Waals surface area contributed by atoms with E-state index in [9.17, 15) is 5.11 Å². The van der Waals surface area contributed by atoms with Gasteiger partial charge in [-0.25, -0.2) is 4.98 Å². The zero-order valence-corrected chi connectivity index (χ0v) is 14.9. The molecule has 1 aromatic carbocycles. The predicted octanol–water partition coefficient (Wildman–Crippen LogP) is 3.70. The monoisotopic (exact) mass is 344 g/mol. The van der Waals surface area contributed by atoms with Crippen molar-refractivity contribution in [2.75, 3.05) is 13.7 Å². The molecule has 4 rings (SSSR count). The van der Waals surface area contributed by atoms with Gasteiger partial charge in [0, 0.05) is 23.0 Å². The minimum Gasteiger partial charge on any atom is -0.497 e. The lowest BCUT2D eigenvalue weighted by molar-refractivity contribution is -0.0335. The molecule has 0 spiro atoms. The fraction of sp³-hybridized carbons (Fsp3) is 0.526. The van der Waals surface area contributed by atoms with Gasteiger partial charge in [0.2, 0.25) is 0 Å². The maximum Gasteiger partial charge on any atom is 0.123 e. The Morgan fingerprint density at radius 1 is 1.29 bits per heavy atom. The third-order valence-corrected chi connectivity index (χ3v) is 6.51. The van der Waals surface area contributed by atoms with Crippen molar-refractivity contribution in [3.63, 3.8) is 0 Å². The molecule has 1 unspecified atom stereocenters. The number of aliphatic hydroxyl groups is 1. The summed E-state index contributed by atoms with van der Waals surface area (Å²) in [5.74, 6) is 0.869. The number of benzene rings is 1. The summed E-state index contributed by atoms with van der Waals surface area (Å²) in [6.07, 6.45) is 6.36. The molecule has 2 N–H and O–H groups in total. The highest BCUT2D eigenvalue weighted by atomic mass is 32.1. The summed E-state index contributed by atoms with van der Waals surface area (Å²) >= 11 is 1.79. The highest BCUT2D eigenvalue weighted by molar-refractivity contribution is 7.15. The van der Waals surface area contributed by atoms with Gasteiger partial charge in [0.05, 0.1) is 18.4 Å². The minimum atomic E-state index is -0.471. The zero-order valence-electron chi connectivity index (χ0n) is 14.0. The molecule has 1 saturated carbocycles. The van der Waals surface area contributed by atoms with Gasteiger partial charge < -0.3 is 15.2 Å². The molecule has 1 heterocycles. The van der Waals surface area contributed by atoms with Gasteiger partial charge in [0.25, 0.3) is 0 Å². The summed E-state index contributed by atoms with van der Waals surface area (Å²) in [5.41, 5.74) is 1.91. The second-order valence-corrected chi connectivity index (χ2v) is 7.99. The van der Waals surface area contributed by atoms with Crippen LogP contribution in [0, 0.1) is 0 Å². The molecule has 5 heteroatoms. The van der Waals surface area contributed by atoms with Crippen molar-refractivity contribution in [1.82, 2.24) is 10.3 Å². The number of fused-ring (bicyclic) bond motifs is 1. The summed E-state index contributed by atoms with van der Waals surface area (Å²) in [7, 11) is 1.68. The molecule has 1 fully saturated rings. The smallest absolute Gasteiger partial charge is 0.123 e. The van der Waals surface area contributed by atoms with Crippen LogP contribution in [0.1, 0.15) is 48.7 Å². The Morgan fingerprint density at radius 3 is 2.75 bits per heavy atom. The maximum atomic E-state index is 10.3.